The normalized spacial score (nSPS) is 14.6. The van der Waals surface area contributed by atoms with Gasteiger partial charge in [0.05, 0.1) is 27.8 Å². The van der Waals surface area contributed by atoms with E-state index in [0.29, 0.717) is 5.84 Å². The molecule has 6 heteroatoms. The summed E-state index contributed by atoms with van der Waals surface area (Å²) in [6, 6.07) is 71.5. The Morgan fingerprint density at radius 3 is 1.58 bits per heavy atom. The van der Waals surface area contributed by atoms with Gasteiger partial charge >= 0.3 is 0 Å². The Morgan fingerprint density at radius 2 is 0.942 bits per heavy atom. The lowest BCUT2D eigenvalue weighted by atomic mass is 9.93. The second-order valence-electron chi connectivity index (χ2n) is 18.4. The number of aromatic nitrogens is 2. The van der Waals surface area contributed by atoms with Crippen LogP contribution in [0.4, 0.5) is 0 Å². The molecule has 10 aromatic carbocycles. The lowest BCUT2D eigenvalue weighted by molar-refractivity contribution is 0.666. The van der Waals surface area contributed by atoms with Crippen molar-refractivity contribution in [2.24, 2.45) is 15.9 Å². The van der Waals surface area contributed by atoms with Crippen LogP contribution in [0.25, 0.3) is 121 Å². The Balaban J connectivity index is 1.09. The third-order valence-electron chi connectivity index (χ3n) is 14.6. The average molecular weight is 885 g/mol. The summed E-state index contributed by atoms with van der Waals surface area (Å²) in [5, 5.41) is 13.6. The van der Waals surface area contributed by atoms with Crippen LogP contribution in [0.15, 0.2) is 225 Å². The third kappa shape index (κ3) is 5.60. The minimum atomic E-state index is -0.104. The van der Waals surface area contributed by atoms with Gasteiger partial charge in [-0.15, -0.1) is 0 Å². The molecule has 4 aromatic heterocycles. The molecule has 5 heterocycles. The molecule has 0 bridgehead atoms. The molecule has 0 saturated heterocycles. The van der Waals surface area contributed by atoms with Crippen LogP contribution in [-0.2, 0) is 0 Å². The van der Waals surface area contributed by atoms with E-state index < -0.39 is 0 Å². The van der Waals surface area contributed by atoms with Gasteiger partial charge in [-0.2, -0.15) is 0 Å². The van der Waals surface area contributed by atoms with Crippen molar-refractivity contribution in [2.45, 2.75) is 13.3 Å². The lowest BCUT2D eigenvalue weighted by Crippen LogP contribution is -2.15. The number of amidine groups is 1. The second-order valence-corrected chi connectivity index (χ2v) is 18.4. The number of hydrogen-bond acceptors (Lipinski definition) is 4. The first kappa shape index (κ1) is 38.1. The molecule has 0 N–H and O–H groups in total. The standard InChI is InChI=1S/C63H40N4O2/c1-2-37-36-59(66-52-23-11-7-19-43(52)44-20-8-12-24-53(44)66)64-63(65-60(37)42-27-28-47-45-21-9-13-25-56(45)68-58(47)35-42)49-30-29-48-46-22-10-14-26-57(46)69-62(48)61(49)67-54-33-40-17-5-3-15-38(40)31-50(54)51-32-39-16-4-6-18-41(39)34-55(51)67/h3-37H,2H2,1H3. The minimum Gasteiger partial charge on any atom is -0.456 e. The van der Waals surface area contributed by atoms with Gasteiger partial charge < -0.3 is 13.4 Å². The molecule has 1 atom stereocenters. The number of para-hydroxylation sites is 4. The fourth-order valence-corrected chi connectivity index (χ4v) is 11.3. The molecule has 1 aliphatic rings. The van der Waals surface area contributed by atoms with Crippen LogP contribution in [-0.4, -0.2) is 20.7 Å². The number of hydrogen-bond donors (Lipinski definition) is 0. The van der Waals surface area contributed by atoms with Crippen molar-refractivity contribution in [3.8, 4) is 5.69 Å². The van der Waals surface area contributed by atoms with Crippen molar-refractivity contribution in [1.29, 1.82) is 0 Å². The summed E-state index contributed by atoms with van der Waals surface area (Å²) < 4.78 is 18.4. The predicted octanol–water partition coefficient (Wildman–Crippen LogP) is 16.8. The molecule has 14 aromatic rings. The number of nitrogens with zero attached hydrogens (tertiary/aromatic N) is 4. The molecule has 0 saturated carbocycles. The van der Waals surface area contributed by atoms with E-state index >= 15 is 0 Å². The van der Waals surface area contributed by atoms with E-state index in [2.05, 4.69) is 204 Å². The lowest BCUT2D eigenvalue weighted by Gasteiger charge is -2.16. The predicted molar refractivity (Wildman–Crippen MR) is 287 cm³/mol. The fraction of sp³-hybridized carbons (Fsp3) is 0.0476. The quantitative estimate of drug-likeness (QED) is 0.173. The minimum absolute atomic E-state index is 0.104. The Morgan fingerprint density at radius 1 is 0.420 bits per heavy atom. The number of rotatable bonds is 5. The highest BCUT2D eigenvalue weighted by molar-refractivity contribution is 6.24. The molecule has 6 nitrogen and oxygen atoms in total. The summed E-state index contributed by atoms with van der Waals surface area (Å²) in [7, 11) is 0. The summed E-state index contributed by atoms with van der Waals surface area (Å²) >= 11 is 0. The molecule has 0 aliphatic carbocycles. The van der Waals surface area contributed by atoms with Gasteiger partial charge in [0.25, 0.3) is 0 Å². The van der Waals surface area contributed by atoms with Gasteiger partial charge in [-0.05, 0) is 107 Å². The summed E-state index contributed by atoms with van der Waals surface area (Å²) in [5.74, 6) is 1.30. The third-order valence-corrected chi connectivity index (χ3v) is 14.6. The number of aliphatic imine (C=N–C) groups is 2. The van der Waals surface area contributed by atoms with E-state index in [4.69, 9.17) is 18.8 Å². The molecular weight excluding hydrogens is 845 g/mol. The van der Waals surface area contributed by atoms with Gasteiger partial charge in [-0.3, -0.25) is 4.57 Å². The zero-order valence-electron chi connectivity index (χ0n) is 37.5. The van der Waals surface area contributed by atoms with E-state index in [1.54, 1.807) is 0 Å². The monoisotopic (exact) mass is 884 g/mol. The van der Waals surface area contributed by atoms with Crippen molar-refractivity contribution in [3.63, 3.8) is 0 Å². The van der Waals surface area contributed by atoms with Gasteiger partial charge in [0.1, 0.15) is 28.3 Å². The molecule has 0 amide bonds. The number of benzene rings is 10. The SMILES string of the molecule is CCC1C=C(n2c3ccccc3c3ccccc32)N=C(c2ccc3c(oc4ccccc43)c2-n2c3cc4ccccc4cc3c3cc4ccccc4cc32)N=C1c1ccc2c(c1)oc1ccccc12. The van der Waals surface area contributed by atoms with Gasteiger partial charge in [-0.1, -0.05) is 134 Å². The van der Waals surface area contributed by atoms with Gasteiger partial charge in [0, 0.05) is 60.1 Å². The summed E-state index contributed by atoms with van der Waals surface area (Å²) in [4.78, 5) is 11.7. The maximum atomic E-state index is 7.13. The van der Waals surface area contributed by atoms with Crippen LogP contribution in [0.2, 0.25) is 0 Å². The van der Waals surface area contributed by atoms with Crippen LogP contribution in [0.1, 0.15) is 24.5 Å². The van der Waals surface area contributed by atoms with Gasteiger partial charge in [0.2, 0.25) is 0 Å². The van der Waals surface area contributed by atoms with Crippen LogP contribution in [0.3, 0.4) is 0 Å². The zero-order valence-corrected chi connectivity index (χ0v) is 37.5. The van der Waals surface area contributed by atoms with Crippen molar-refractivity contribution in [2.75, 3.05) is 0 Å². The van der Waals surface area contributed by atoms with E-state index in [1.165, 1.54) is 21.5 Å². The van der Waals surface area contributed by atoms with Crippen LogP contribution in [0, 0.1) is 5.92 Å². The Kier molecular flexibility index (Phi) is 8.01. The molecule has 1 unspecified atom stereocenters. The van der Waals surface area contributed by atoms with E-state index in [1.807, 2.05) is 18.2 Å². The molecule has 0 spiro atoms. The highest BCUT2D eigenvalue weighted by Gasteiger charge is 2.29. The first-order valence-electron chi connectivity index (χ1n) is 23.8. The molecule has 15 rings (SSSR count). The number of fused-ring (bicyclic) bond motifs is 14. The number of allylic oxidation sites excluding steroid dienone is 1. The maximum absolute atomic E-state index is 7.13. The topological polar surface area (TPSA) is 60.9 Å². The maximum Gasteiger partial charge on any atom is 0.164 e. The Bertz CT molecular complexity index is 4460. The highest BCUT2D eigenvalue weighted by atomic mass is 16.3. The van der Waals surface area contributed by atoms with Crippen molar-refractivity contribution < 1.29 is 8.83 Å². The number of furan rings is 2. The van der Waals surface area contributed by atoms with Crippen LogP contribution >= 0.6 is 0 Å². The molecule has 0 radical (unpaired) electrons. The van der Waals surface area contributed by atoms with Crippen molar-refractivity contribution >= 4 is 126 Å². The van der Waals surface area contributed by atoms with Crippen LogP contribution < -0.4 is 0 Å². The molecule has 0 fully saturated rings. The molecule has 69 heavy (non-hydrogen) atoms. The zero-order chi connectivity index (χ0) is 45.3. The summed E-state index contributed by atoms with van der Waals surface area (Å²) in [5.41, 5.74) is 11.3. The van der Waals surface area contributed by atoms with E-state index in [9.17, 15) is 0 Å². The van der Waals surface area contributed by atoms with E-state index in [-0.39, 0.29) is 5.92 Å². The highest BCUT2D eigenvalue weighted by Crippen LogP contribution is 2.44. The Hall–Kier alpha value is -9.00. The van der Waals surface area contributed by atoms with Crippen molar-refractivity contribution in [1.82, 2.24) is 9.13 Å². The molecular formula is C63H40N4O2. The summed E-state index contributed by atoms with van der Waals surface area (Å²) in [6.45, 7) is 2.24. The Labute approximate surface area is 394 Å². The van der Waals surface area contributed by atoms with Gasteiger partial charge in [-0.25, -0.2) is 9.98 Å². The molecule has 324 valence electrons. The largest absolute Gasteiger partial charge is 0.456 e. The smallest absolute Gasteiger partial charge is 0.164 e. The molecule has 1 aliphatic heterocycles. The van der Waals surface area contributed by atoms with Gasteiger partial charge in [0.15, 0.2) is 11.4 Å². The second kappa shape index (κ2) is 14.5. The first-order chi connectivity index (χ1) is 34.1. The first-order valence-corrected chi connectivity index (χ1v) is 23.8. The average Bonchev–Trinajstić information content (AvgIpc) is 4.11. The van der Waals surface area contributed by atoms with Crippen molar-refractivity contribution in [3.05, 3.63) is 217 Å². The summed E-state index contributed by atoms with van der Waals surface area (Å²) in [6.07, 6.45) is 3.12. The fourth-order valence-electron chi connectivity index (χ4n) is 11.3. The van der Waals surface area contributed by atoms with Crippen LogP contribution in [0.5, 0.6) is 0 Å². The van der Waals surface area contributed by atoms with E-state index in [0.717, 1.165) is 122 Å².